The first-order valence-electron chi connectivity index (χ1n) is 9.70. The molecular formula is C24H23FN2O4. The van der Waals surface area contributed by atoms with E-state index in [9.17, 15) is 19.1 Å². The van der Waals surface area contributed by atoms with E-state index in [1.54, 1.807) is 12.1 Å². The van der Waals surface area contributed by atoms with Gasteiger partial charge in [0.25, 0.3) is 5.91 Å². The SMILES string of the molecule is COc1ccc(C(=O)NC(CC(=O)O)c2ccccc2F)nc1-c1cccc(C)c1C. The van der Waals surface area contributed by atoms with E-state index in [4.69, 9.17) is 4.74 Å². The van der Waals surface area contributed by atoms with Crippen molar-refractivity contribution in [1.29, 1.82) is 0 Å². The van der Waals surface area contributed by atoms with E-state index in [1.807, 2.05) is 32.0 Å². The number of nitrogens with zero attached hydrogens (tertiary/aromatic N) is 1. The number of ether oxygens (including phenoxy) is 1. The zero-order valence-electron chi connectivity index (χ0n) is 17.5. The average Bonchev–Trinajstić information content (AvgIpc) is 2.74. The van der Waals surface area contributed by atoms with Gasteiger partial charge in [-0.3, -0.25) is 9.59 Å². The molecule has 1 atom stereocenters. The second-order valence-electron chi connectivity index (χ2n) is 7.14. The molecule has 2 aromatic carbocycles. The van der Waals surface area contributed by atoms with Gasteiger partial charge in [-0.05, 0) is 43.2 Å². The van der Waals surface area contributed by atoms with Crippen LogP contribution in [-0.4, -0.2) is 29.1 Å². The van der Waals surface area contributed by atoms with E-state index < -0.39 is 30.2 Å². The van der Waals surface area contributed by atoms with Gasteiger partial charge in [-0.25, -0.2) is 9.37 Å². The molecule has 0 radical (unpaired) electrons. The van der Waals surface area contributed by atoms with Crippen molar-refractivity contribution in [3.05, 3.63) is 82.8 Å². The topological polar surface area (TPSA) is 88.5 Å². The monoisotopic (exact) mass is 422 g/mol. The first kappa shape index (κ1) is 22.0. The molecule has 0 saturated heterocycles. The first-order valence-corrected chi connectivity index (χ1v) is 9.70. The Hall–Kier alpha value is -3.74. The minimum atomic E-state index is -1.16. The molecule has 3 rings (SSSR count). The van der Waals surface area contributed by atoms with Crippen LogP contribution in [0.3, 0.4) is 0 Å². The molecular weight excluding hydrogens is 399 g/mol. The number of carbonyl (C=O) groups is 2. The normalized spacial score (nSPS) is 11.6. The van der Waals surface area contributed by atoms with Gasteiger partial charge < -0.3 is 15.2 Å². The lowest BCUT2D eigenvalue weighted by atomic mass is 9.99. The lowest BCUT2D eigenvalue weighted by Gasteiger charge is -2.18. The van der Waals surface area contributed by atoms with Gasteiger partial charge in [-0.15, -0.1) is 0 Å². The highest BCUT2D eigenvalue weighted by atomic mass is 19.1. The number of pyridine rings is 1. The fraction of sp³-hybridized carbons (Fsp3) is 0.208. The highest BCUT2D eigenvalue weighted by Crippen LogP contribution is 2.32. The number of methoxy groups -OCH3 is 1. The Kier molecular flexibility index (Phi) is 6.65. The van der Waals surface area contributed by atoms with E-state index >= 15 is 0 Å². The molecule has 0 aliphatic carbocycles. The summed E-state index contributed by atoms with van der Waals surface area (Å²) in [6.45, 7) is 3.94. The van der Waals surface area contributed by atoms with Crippen molar-refractivity contribution in [2.75, 3.05) is 7.11 Å². The number of rotatable bonds is 7. The Morgan fingerprint density at radius 1 is 1.10 bits per heavy atom. The van der Waals surface area contributed by atoms with Crippen LogP contribution < -0.4 is 10.1 Å². The summed E-state index contributed by atoms with van der Waals surface area (Å²) in [5, 5.41) is 11.8. The first-order chi connectivity index (χ1) is 14.8. The van der Waals surface area contributed by atoms with Crippen molar-refractivity contribution < 1.29 is 23.8 Å². The van der Waals surface area contributed by atoms with E-state index in [0.29, 0.717) is 11.4 Å². The zero-order chi connectivity index (χ0) is 22.5. The lowest BCUT2D eigenvalue weighted by Crippen LogP contribution is -2.31. The molecule has 1 heterocycles. The van der Waals surface area contributed by atoms with E-state index in [-0.39, 0.29) is 11.3 Å². The van der Waals surface area contributed by atoms with E-state index in [1.165, 1.54) is 31.4 Å². The molecule has 1 unspecified atom stereocenters. The van der Waals surface area contributed by atoms with Crippen LogP contribution in [0, 0.1) is 19.7 Å². The summed E-state index contributed by atoms with van der Waals surface area (Å²) in [7, 11) is 1.52. The number of aromatic nitrogens is 1. The quantitative estimate of drug-likeness (QED) is 0.587. The number of carboxylic acid groups (broad SMARTS) is 1. The predicted octanol–water partition coefficient (Wildman–Crippen LogP) is 4.46. The van der Waals surface area contributed by atoms with Gasteiger partial charge >= 0.3 is 5.97 Å². The number of amides is 1. The van der Waals surface area contributed by atoms with Crippen molar-refractivity contribution in [2.24, 2.45) is 0 Å². The van der Waals surface area contributed by atoms with Crippen LogP contribution in [0.4, 0.5) is 4.39 Å². The molecule has 6 nitrogen and oxygen atoms in total. The molecule has 0 spiro atoms. The minimum absolute atomic E-state index is 0.0726. The minimum Gasteiger partial charge on any atom is -0.494 e. The van der Waals surface area contributed by atoms with Crippen molar-refractivity contribution in [3.8, 4) is 17.0 Å². The van der Waals surface area contributed by atoms with Crippen LogP contribution in [-0.2, 0) is 4.79 Å². The number of aryl methyl sites for hydroxylation is 1. The average molecular weight is 422 g/mol. The fourth-order valence-corrected chi connectivity index (χ4v) is 3.34. The smallest absolute Gasteiger partial charge is 0.305 e. The number of hydrogen-bond acceptors (Lipinski definition) is 4. The Morgan fingerprint density at radius 2 is 1.84 bits per heavy atom. The molecule has 0 aliphatic rings. The van der Waals surface area contributed by atoms with Crippen molar-refractivity contribution in [1.82, 2.24) is 10.3 Å². The number of nitrogens with one attached hydrogen (secondary N) is 1. The van der Waals surface area contributed by atoms with Crippen molar-refractivity contribution >= 4 is 11.9 Å². The van der Waals surface area contributed by atoms with Crippen LogP contribution in [0.15, 0.2) is 54.6 Å². The summed E-state index contributed by atoms with van der Waals surface area (Å²) in [6.07, 6.45) is -0.466. The Bertz CT molecular complexity index is 1130. The summed E-state index contributed by atoms with van der Waals surface area (Å²) >= 11 is 0. The zero-order valence-corrected chi connectivity index (χ0v) is 17.5. The number of carbonyl (C=O) groups excluding carboxylic acids is 1. The molecule has 1 aromatic heterocycles. The number of benzene rings is 2. The van der Waals surface area contributed by atoms with Gasteiger partial charge in [-0.1, -0.05) is 36.4 Å². The number of halogens is 1. The third-order valence-corrected chi connectivity index (χ3v) is 5.14. The van der Waals surface area contributed by atoms with Gasteiger partial charge in [0.15, 0.2) is 0 Å². The predicted molar refractivity (Wildman–Crippen MR) is 115 cm³/mol. The van der Waals surface area contributed by atoms with Crippen molar-refractivity contribution in [3.63, 3.8) is 0 Å². The van der Waals surface area contributed by atoms with Crippen LogP contribution in [0.25, 0.3) is 11.3 Å². The van der Waals surface area contributed by atoms with E-state index in [0.717, 1.165) is 16.7 Å². The second-order valence-corrected chi connectivity index (χ2v) is 7.14. The molecule has 7 heteroatoms. The molecule has 2 N–H and O–H groups in total. The maximum Gasteiger partial charge on any atom is 0.305 e. The molecule has 0 aliphatic heterocycles. The maximum absolute atomic E-state index is 14.2. The molecule has 3 aromatic rings. The number of aliphatic carboxylic acids is 1. The molecule has 31 heavy (non-hydrogen) atoms. The third kappa shape index (κ3) is 4.88. The van der Waals surface area contributed by atoms with Gasteiger partial charge in [0.05, 0.1) is 19.6 Å². The third-order valence-electron chi connectivity index (χ3n) is 5.14. The lowest BCUT2D eigenvalue weighted by molar-refractivity contribution is -0.137. The Labute approximate surface area is 179 Å². The van der Waals surface area contributed by atoms with E-state index in [2.05, 4.69) is 10.3 Å². The van der Waals surface area contributed by atoms with Crippen LogP contribution in [0.1, 0.15) is 39.6 Å². The summed E-state index contributed by atoms with van der Waals surface area (Å²) in [5.74, 6) is -1.86. The number of carboxylic acids is 1. The largest absolute Gasteiger partial charge is 0.494 e. The highest BCUT2D eigenvalue weighted by Gasteiger charge is 2.23. The molecule has 0 bridgehead atoms. The number of hydrogen-bond donors (Lipinski definition) is 2. The van der Waals surface area contributed by atoms with Crippen LogP contribution >= 0.6 is 0 Å². The van der Waals surface area contributed by atoms with Gasteiger partial charge in [0, 0.05) is 11.1 Å². The fourth-order valence-electron chi connectivity index (χ4n) is 3.34. The summed E-state index contributed by atoms with van der Waals surface area (Å²) < 4.78 is 19.7. The Balaban J connectivity index is 1.98. The van der Waals surface area contributed by atoms with Crippen LogP contribution in [0.5, 0.6) is 5.75 Å². The summed E-state index contributed by atoms with van der Waals surface area (Å²) in [4.78, 5) is 28.7. The second kappa shape index (κ2) is 9.38. The highest BCUT2D eigenvalue weighted by molar-refractivity contribution is 5.94. The summed E-state index contributed by atoms with van der Waals surface area (Å²) in [5.41, 5.74) is 3.56. The van der Waals surface area contributed by atoms with Gasteiger partial charge in [-0.2, -0.15) is 0 Å². The molecule has 0 fully saturated rings. The standard InChI is InChI=1S/C24H23FN2O4/c1-14-7-6-9-16(15(14)2)23-21(31-3)12-11-19(26-23)24(30)27-20(13-22(28)29)17-8-4-5-10-18(17)25/h4-12,20H,13H2,1-3H3,(H,27,30)(H,28,29). The molecule has 1 amide bonds. The van der Waals surface area contributed by atoms with Crippen LogP contribution in [0.2, 0.25) is 0 Å². The molecule has 0 saturated carbocycles. The summed E-state index contributed by atoms with van der Waals surface area (Å²) in [6, 6.07) is 13.6. The van der Waals surface area contributed by atoms with Gasteiger partial charge in [0.1, 0.15) is 23.0 Å². The maximum atomic E-state index is 14.2. The van der Waals surface area contributed by atoms with Gasteiger partial charge in [0.2, 0.25) is 0 Å². The Morgan fingerprint density at radius 3 is 2.52 bits per heavy atom. The van der Waals surface area contributed by atoms with Crippen molar-refractivity contribution in [2.45, 2.75) is 26.3 Å². The molecule has 160 valence electrons.